The van der Waals surface area contributed by atoms with Crippen LogP contribution < -0.4 is 5.32 Å². The normalized spacial score (nSPS) is 11.5. The van der Waals surface area contributed by atoms with Crippen LogP contribution in [0.4, 0.5) is 18.3 Å². The van der Waals surface area contributed by atoms with Crippen LogP contribution in [0.5, 0.6) is 0 Å². The van der Waals surface area contributed by atoms with Crippen molar-refractivity contribution in [1.82, 2.24) is 10.2 Å². The van der Waals surface area contributed by atoms with Crippen molar-refractivity contribution in [3.63, 3.8) is 0 Å². The fraction of sp³-hybridized carbons (Fsp3) is 0.211. The molecule has 0 bridgehead atoms. The van der Waals surface area contributed by atoms with Gasteiger partial charge in [-0.05, 0) is 37.1 Å². The monoisotopic (exact) mass is 423 g/mol. The molecule has 0 aliphatic carbocycles. The zero-order valence-electron chi connectivity index (χ0n) is 15.0. The van der Waals surface area contributed by atoms with Crippen LogP contribution in [0.25, 0.3) is 0 Å². The molecule has 0 aliphatic rings. The van der Waals surface area contributed by atoms with Gasteiger partial charge in [0.25, 0.3) is 5.91 Å². The standard InChI is InChI=1S/C19H16F3N3OS2/c1-11-7-8-12(2)13(9-11)10-27-18-25-24-17(28-18)23-16(26)14-5-3-4-6-15(14)19(20,21)22/h3-9H,10H2,1-2H3,(H,23,24,26). The van der Waals surface area contributed by atoms with Crippen LogP contribution in [-0.4, -0.2) is 16.1 Å². The molecule has 146 valence electrons. The Morgan fingerprint density at radius 3 is 2.64 bits per heavy atom. The number of benzene rings is 2. The first-order chi connectivity index (χ1) is 13.2. The number of alkyl halides is 3. The summed E-state index contributed by atoms with van der Waals surface area (Å²) in [5, 5.41) is 10.4. The second-order valence-corrected chi connectivity index (χ2v) is 8.29. The topological polar surface area (TPSA) is 54.9 Å². The van der Waals surface area contributed by atoms with E-state index in [0.717, 1.165) is 29.0 Å². The van der Waals surface area contributed by atoms with Crippen molar-refractivity contribution in [3.05, 3.63) is 70.3 Å². The summed E-state index contributed by atoms with van der Waals surface area (Å²) >= 11 is 2.59. The SMILES string of the molecule is Cc1ccc(C)c(CSc2nnc(NC(=O)c3ccccc3C(F)(F)F)s2)c1. The van der Waals surface area contributed by atoms with Gasteiger partial charge < -0.3 is 0 Å². The number of nitrogens with one attached hydrogen (secondary N) is 1. The highest BCUT2D eigenvalue weighted by atomic mass is 32.2. The van der Waals surface area contributed by atoms with Gasteiger partial charge in [-0.15, -0.1) is 10.2 Å². The number of anilines is 1. The summed E-state index contributed by atoms with van der Waals surface area (Å²) < 4.78 is 39.8. The third-order valence-electron chi connectivity index (χ3n) is 3.96. The van der Waals surface area contributed by atoms with Crippen molar-refractivity contribution in [2.75, 3.05) is 5.32 Å². The van der Waals surface area contributed by atoms with Crippen molar-refractivity contribution < 1.29 is 18.0 Å². The third kappa shape index (κ3) is 4.90. The number of carbonyl (C=O) groups excluding carboxylic acids is 1. The smallest absolute Gasteiger partial charge is 0.296 e. The molecule has 0 unspecified atom stereocenters. The van der Waals surface area contributed by atoms with Crippen molar-refractivity contribution in [2.24, 2.45) is 0 Å². The molecule has 0 saturated heterocycles. The molecule has 2 aromatic carbocycles. The number of rotatable bonds is 5. The maximum atomic E-state index is 13.1. The second kappa shape index (κ2) is 8.32. The van der Waals surface area contributed by atoms with Gasteiger partial charge in [-0.25, -0.2) is 0 Å². The lowest BCUT2D eigenvalue weighted by molar-refractivity contribution is -0.137. The second-order valence-electron chi connectivity index (χ2n) is 6.09. The molecule has 3 rings (SSSR count). The Kier molecular flexibility index (Phi) is 6.04. The molecule has 0 aliphatic heterocycles. The molecular weight excluding hydrogens is 407 g/mol. The van der Waals surface area contributed by atoms with Crippen LogP contribution in [0.2, 0.25) is 0 Å². The lowest BCUT2D eigenvalue weighted by Crippen LogP contribution is -2.18. The van der Waals surface area contributed by atoms with E-state index in [-0.39, 0.29) is 5.13 Å². The summed E-state index contributed by atoms with van der Waals surface area (Å²) in [6, 6.07) is 10.8. The van der Waals surface area contributed by atoms with Crippen molar-refractivity contribution in [2.45, 2.75) is 30.1 Å². The first kappa shape index (κ1) is 20.3. The number of hydrogen-bond donors (Lipinski definition) is 1. The minimum atomic E-state index is -4.61. The molecule has 0 saturated carbocycles. The minimum Gasteiger partial charge on any atom is -0.296 e. The fourth-order valence-electron chi connectivity index (χ4n) is 2.51. The van der Waals surface area contributed by atoms with Gasteiger partial charge in [-0.3, -0.25) is 10.1 Å². The van der Waals surface area contributed by atoms with E-state index < -0.39 is 23.2 Å². The van der Waals surface area contributed by atoms with Gasteiger partial charge in [0.1, 0.15) is 0 Å². The van der Waals surface area contributed by atoms with E-state index in [9.17, 15) is 18.0 Å². The van der Waals surface area contributed by atoms with Crippen LogP contribution >= 0.6 is 23.1 Å². The first-order valence-electron chi connectivity index (χ1n) is 8.24. The molecule has 1 amide bonds. The molecule has 1 aromatic heterocycles. The average molecular weight is 423 g/mol. The van der Waals surface area contributed by atoms with E-state index in [1.165, 1.54) is 35.0 Å². The Morgan fingerprint density at radius 2 is 1.89 bits per heavy atom. The molecule has 9 heteroatoms. The van der Waals surface area contributed by atoms with E-state index in [4.69, 9.17) is 0 Å². The fourth-order valence-corrected chi connectivity index (χ4v) is 4.32. The molecule has 0 atom stereocenters. The quantitative estimate of drug-likeness (QED) is 0.421. The van der Waals surface area contributed by atoms with Crippen molar-refractivity contribution in [1.29, 1.82) is 0 Å². The largest absolute Gasteiger partial charge is 0.417 e. The lowest BCUT2D eigenvalue weighted by Gasteiger charge is -2.11. The van der Waals surface area contributed by atoms with Crippen molar-refractivity contribution in [3.8, 4) is 0 Å². The van der Waals surface area contributed by atoms with Crippen molar-refractivity contribution >= 4 is 34.1 Å². The maximum Gasteiger partial charge on any atom is 0.417 e. The van der Waals surface area contributed by atoms with Gasteiger partial charge in [-0.1, -0.05) is 59.0 Å². The molecule has 4 nitrogen and oxygen atoms in total. The molecule has 1 N–H and O–H groups in total. The molecule has 0 spiro atoms. The van der Waals surface area contributed by atoms with Crippen LogP contribution in [0.1, 0.15) is 32.6 Å². The van der Waals surface area contributed by atoms with E-state index in [1.807, 2.05) is 19.9 Å². The number of halogens is 3. The number of thioether (sulfide) groups is 1. The number of aromatic nitrogens is 2. The number of carbonyl (C=O) groups is 1. The highest BCUT2D eigenvalue weighted by Crippen LogP contribution is 2.33. The number of hydrogen-bond acceptors (Lipinski definition) is 5. The van der Waals surface area contributed by atoms with Gasteiger partial charge in [0.15, 0.2) is 4.34 Å². The molecule has 0 radical (unpaired) electrons. The van der Waals surface area contributed by atoms with Gasteiger partial charge in [0.2, 0.25) is 5.13 Å². The third-order valence-corrected chi connectivity index (χ3v) is 5.98. The van der Waals surface area contributed by atoms with Crippen LogP contribution in [0.3, 0.4) is 0 Å². The molecule has 28 heavy (non-hydrogen) atoms. The average Bonchev–Trinajstić information content (AvgIpc) is 3.09. The van der Waals surface area contributed by atoms with Crippen LogP contribution in [0.15, 0.2) is 46.8 Å². The Bertz CT molecular complexity index is 1000. The summed E-state index contributed by atoms with van der Waals surface area (Å²) in [5.41, 5.74) is 2.07. The molecule has 0 fully saturated rings. The Hall–Kier alpha value is -2.39. The zero-order chi connectivity index (χ0) is 20.3. The molecular formula is C19H16F3N3OS2. The summed E-state index contributed by atoms with van der Waals surface area (Å²) in [6.07, 6.45) is -4.61. The summed E-state index contributed by atoms with van der Waals surface area (Å²) in [7, 11) is 0. The van der Waals surface area contributed by atoms with E-state index in [1.54, 1.807) is 0 Å². The predicted octanol–water partition coefficient (Wildman–Crippen LogP) is 5.72. The summed E-state index contributed by atoms with van der Waals surface area (Å²) in [6.45, 7) is 4.05. The summed E-state index contributed by atoms with van der Waals surface area (Å²) in [4.78, 5) is 12.3. The van der Waals surface area contributed by atoms with Crippen LogP contribution in [0, 0.1) is 13.8 Å². The highest BCUT2D eigenvalue weighted by molar-refractivity contribution is 8.00. The maximum absolute atomic E-state index is 13.1. The Morgan fingerprint density at radius 1 is 1.14 bits per heavy atom. The Balaban J connectivity index is 1.68. The Labute approximate surface area is 168 Å². The van der Waals surface area contributed by atoms with Gasteiger partial charge in [0.05, 0.1) is 11.1 Å². The summed E-state index contributed by atoms with van der Waals surface area (Å²) in [5.74, 6) is -0.178. The van der Waals surface area contributed by atoms with E-state index in [0.29, 0.717) is 10.1 Å². The zero-order valence-corrected chi connectivity index (χ0v) is 16.6. The molecule has 3 aromatic rings. The number of amides is 1. The van der Waals surface area contributed by atoms with Gasteiger partial charge in [0, 0.05) is 5.75 Å². The van der Waals surface area contributed by atoms with Gasteiger partial charge >= 0.3 is 6.18 Å². The molecule has 1 heterocycles. The first-order valence-corrected chi connectivity index (χ1v) is 10.0. The number of aryl methyl sites for hydroxylation is 2. The predicted molar refractivity (Wildman–Crippen MR) is 105 cm³/mol. The van der Waals surface area contributed by atoms with Gasteiger partial charge in [-0.2, -0.15) is 13.2 Å². The lowest BCUT2D eigenvalue weighted by atomic mass is 10.1. The van der Waals surface area contributed by atoms with E-state index >= 15 is 0 Å². The van der Waals surface area contributed by atoms with E-state index in [2.05, 4.69) is 27.6 Å². The highest BCUT2D eigenvalue weighted by Gasteiger charge is 2.35. The number of nitrogens with zero attached hydrogens (tertiary/aromatic N) is 2. The van der Waals surface area contributed by atoms with Crippen LogP contribution in [-0.2, 0) is 11.9 Å². The minimum absolute atomic E-state index is 0.158.